The van der Waals surface area contributed by atoms with E-state index in [0.717, 1.165) is 17.2 Å². The van der Waals surface area contributed by atoms with E-state index in [2.05, 4.69) is 35.4 Å². The van der Waals surface area contributed by atoms with Gasteiger partial charge in [0.2, 0.25) is 5.95 Å². The van der Waals surface area contributed by atoms with E-state index in [1.54, 1.807) is 18.3 Å². The number of hydrogen-bond acceptors (Lipinski definition) is 2. The van der Waals surface area contributed by atoms with Gasteiger partial charge < -0.3 is 9.88 Å². The first-order chi connectivity index (χ1) is 11.6. The smallest absolute Gasteiger partial charge is 0.203 e. The van der Waals surface area contributed by atoms with E-state index in [9.17, 15) is 4.39 Å². The Morgan fingerprint density at radius 2 is 1.83 bits per heavy atom. The van der Waals surface area contributed by atoms with Crippen molar-refractivity contribution in [2.45, 2.75) is 6.92 Å². The van der Waals surface area contributed by atoms with Crippen LogP contribution in [0.4, 0.5) is 10.3 Å². The van der Waals surface area contributed by atoms with Gasteiger partial charge in [0.05, 0.1) is 11.9 Å². The van der Waals surface area contributed by atoms with Crippen LogP contribution >= 0.6 is 0 Å². The van der Waals surface area contributed by atoms with Crippen LogP contribution in [0, 0.1) is 5.82 Å². The molecule has 1 N–H and O–H groups in total. The Morgan fingerprint density at radius 1 is 1.12 bits per heavy atom. The van der Waals surface area contributed by atoms with E-state index in [1.165, 1.54) is 23.3 Å². The fourth-order valence-electron chi connectivity index (χ4n) is 2.57. The quantitative estimate of drug-likeness (QED) is 0.735. The van der Waals surface area contributed by atoms with Crippen molar-refractivity contribution in [3.05, 3.63) is 77.7 Å². The number of benzene rings is 2. The summed E-state index contributed by atoms with van der Waals surface area (Å²) in [4.78, 5) is 4.42. The number of aromatic nitrogens is 2. The Bertz CT molecular complexity index is 833. The van der Waals surface area contributed by atoms with Gasteiger partial charge in [-0.05, 0) is 36.8 Å². The lowest BCUT2D eigenvalue weighted by Gasteiger charge is -2.09. The van der Waals surface area contributed by atoms with Crippen molar-refractivity contribution in [3.63, 3.8) is 0 Å². The molecule has 0 saturated carbocycles. The van der Waals surface area contributed by atoms with Gasteiger partial charge in [0.15, 0.2) is 0 Å². The fourth-order valence-corrected chi connectivity index (χ4v) is 2.57. The third-order valence-corrected chi connectivity index (χ3v) is 3.87. The van der Waals surface area contributed by atoms with Crippen molar-refractivity contribution in [2.75, 3.05) is 11.9 Å². The van der Waals surface area contributed by atoms with Crippen LogP contribution in [0.3, 0.4) is 0 Å². The van der Waals surface area contributed by atoms with Crippen molar-refractivity contribution >= 4 is 12.0 Å². The van der Waals surface area contributed by atoms with E-state index >= 15 is 0 Å². The number of nitrogens with zero attached hydrogens (tertiary/aromatic N) is 2. The molecule has 3 nitrogen and oxygen atoms in total. The third-order valence-electron chi connectivity index (χ3n) is 3.87. The molecule has 0 aliphatic rings. The van der Waals surface area contributed by atoms with Gasteiger partial charge in [-0.25, -0.2) is 9.37 Å². The number of imidazole rings is 1. The Balaban J connectivity index is 1.70. The van der Waals surface area contributed by atoms with Crippen LogP contribution in [0.25, 0.3) is 17.3 Å². The van der Waals surface area contributed by atoms with Gasteiger partial charge in [-0.15, -0.1) is 0 Å². The van der Waals surface area contributed by atoms with Crippen molar-refractivity contribution < 1.29 is 4.39 Å². The van der Waals surface area contributed by atoms with Crippen LogP contribution in [0.1, 0.15) is 12.5 Å². The number of rotatable bonds is 5. The van der Waals surface area contributed by atoms with Crippen LogP contribution in [0.15, 0.2) is 66.4 Å². The summed E-state index contributed by atoms with van der Waals surface area (Å²) in [6.45, 7) is 2.80. The standard InChI is InChI=1S/C20H20FN3/c1-15(12-16-6-4-3-5-7-16)13-22-20-23-14-19(24(20)2)17-8-10-18(21)11-9-17/h3-12,14H,13H2,1-2H3,(H,22,23). The monoisotopic (exact) mass is 321 g/mol. The highest BCUT2D eigenvalue weighted by atomic mass is 19.1. The maximum atomic E-state index is 13.1. The Morgan fingerprint density at radius 3 is 2.54 bits per heavy atom. The zero-order valence-electron chi connectivity index (χ0n) is 13.8. The summed E-state index contributed by atoms with van der Waals surface area (Å²) >= 11 is 0. The number of halogens is 1. The molecule has 24 heavy (non-hydrogen) atoms. The largest absolute Gasteiger partial charge is 0.352 e. The van der Waals surface area contributed by atoms with Crippen LogP contribution < -0.4 is 5.32 Å². The van der Waals surface area contributed by atoms with Gasteiger partial charge in [-0.2, -0.15) is 0 Å². The Kier molecular flexibility index (Phi) is 4.75. The van der Waals surface area contributed by atoms with E-state index in [4.69, 9.17) is 0 Å². The van der Waals surface area contributed by atoms with Crippen molar-refractivity contribution in [1.29, 1.82) is 0 Å². The van der Waals surface area contributed by atoms with Gasteiger partial charge in [-0.1, -0.05) is 42.0 Å². The lowest BCUT2D eigenvalue weighted by atomic mass is 10.1. The second-order valence-corrected chi connectivity index (χ2v) is 5.79. The third kappa shape index (κ3) is 3.71. The fraction of sp³-hybridized carbons (Fsp3) is 0.150. The molecule has 2 aromatic carbocycles. The van der Waals surface area contributed by atoms with Crippen molar-refractivity contribution in [1.82, 2.24) is 9.55 Å². The van der Waals surface area contributed by atoms with Gasteiger partial charge in [-0.3, -0.25) is 0 Å². The molecule has 0 bridgehead atoms. The minimum atomic E-state index is -0.235. The van der Waals surface area contributed by atoms with E-state index in [-0.39, 0.29) is 5.82 Å². The second-order valence-electron chi connectivity index (χ2n) is 5.79. The lowest BCUT2D eigenvalue weighted by molar-refractivity contribution is 0.628. The maximum Gasteiger partial charge on any atom is 0.203 e. The van der Waals surface area contributed by atoms with Crippen molar-refractivity contribution in [2.24, 2.45) is 7.05 Å². The molecule has 0 spiro atoms. The minimum absolute atomic E-state index is 0.235. The van der Waals surface area contributed by atoms with Crippen molar-refractivity contribution in [3.8, 4) is 11.3 Å². The first-order valence-electron chi connectivity index (χ1n) is 7.87. The molecule has 0 unspecified atom stereocenters. The number of anilines is 1. The molecule has 4 heteroatoms. The predicted molar refractivity (Wildman–Crippen MR) is 97.2 cm³/mol. The van der Waals surface area contributed by atoms with Gasteiger partial charge in [0, 0.05) is 19.2 Å². The van der Waals surface area contributed by atoms with Gasteiger partial charge in [0.25, 0.3) is 0 Å². The highest BCUT2D eigenvalue weighted by Crippen LogP contribution is 2.22. The molecule has 0 amide bonds. The highest BCUT2D eigenvalue weighted by Gasteiger charge is 2.08. The van der Waals surface area contributed by atoms with E-state index in [0.29, 0.717) is 6.54 Å². The summed E-state index contributed by atoms with van der Waals surface area (Å²) in [6.07, 6.45) is 3.95. The van der Waals surface area contributed by atoms with Crippen LogP contribution in [-0.4, -0.2) is 16.1 Å². The summed E-state index contributed by atoms with van der Waals surface area (Å²) in [5.74, 6) is 0.552. The molecule has 0 aliphatic carbocycles. The lowest BCUT2D eigenvalue weighted by Crippen LogP contribution is -2.08. The Hall–Kier alpha value is -2.88. The van der Waals surface area contributed by atoms with Crippen LogP contribution in [0.5, 0.6) is 0 Å². The van der Waals surface area contributed by atoms with Gasteiger partial charge >= 0.3 is 0 Å². The molecule has 3 rings (SSSR count). The molecule has 3 aromatic rings. The minimum Gasteiger partial charge on any atom is -0.352 e. The maximum absolute atomic E-state index is 13.1. The molecule has 0 atom stereocenters. The van der Waals surface area contributed by atoms with Crippen LogP contribution in [0.2, 0.25) is 0 Å². The molecular weight excluding hydrogens is 301 g/mol. The molecule has 1 aromatic heterocycles. The average Bonchev–Trinajstić information content (AvgIpc) is 2.95. The molecule has 1 heterocycles. The normalized spacial score (nSPS) is 11.5. The average molecular weight is 321 g/mol. The molecule has 0 fully saturated rings. The first kappa shape index (κ1) is 16.0. The summed E-state index contributed by atoms with van der Waals surface area (Å²) < 4.78 is 15.0. The molecule has 0 radical (unpaired) electrons. The van der Waals surface area contributed by atoms with E-state index < -0.39 is 0 Å². The second kappa shape index (κ2) is 7.13. The summed E-state index contributed by atoms with van der Waals surface area (Å²) in [6, 6.07) is 16.7. The Labute approximate surface area is 141 Å². The number of hydrogen-bond donors (Lipinski definition) is 1. The van der Waals surface area contributed by atoms with E-state index in [1.807, 2.05) is 29.8 Å². The molecule has 122 valence electrons. The SMILES string of the molecule is CC(=Cc1ccccc1)CNc1ncc(-c2ccc(F)cc2)n1C. The predicted octanol–water partition coefficient (Wildman–Crippen LogP) is 4.74. The number of nitrogens with one attached hydrogen (secondary N) is 1. The zero-order valence-corrected chi connectivity index (χ0v) is 13.8. The summed E-state index contributed by atoms with van der Waals surface area (Å²) in [5, 5.41) is 3.34. The van der Waals surface area contributed by atoms with Crippen LogP contribution in [-0.2, 0) is 7.05 Å². The van der Waals surface area contributed by atoms with Gasteiger partial charge in [0.1, 0.15) is 5.82 Å². The zero-order chi connectivity index (χ0) is 16.9. The summed E-state index contributed by atoms with van der Waals surface area (Å²) in [5.41, 5.74) is 4.29. The topological polar surface area (TPSA) is 29.9 Å². The molecule has 0 aliphatic heterocycles. The molecular formula is C20H20FN3. The first-order valence-corrected chi connectivity index (χ1v) is 7.87. The highest BCUT2D eigenvalue weighted by molar-refractivity contribution is 5.61. The summed E-state index contributed by atoms with van der Waals surface area (Å²) in [7, 11) is 1.95. The molecule has 0 saturated heterocycles.